The second-order valence-corrected chi connectivity index (χ2v) is 6.87. The summed E-state index contributed by atoms with van der Waals surface area (Å²) in [6.07, 6.45) is 2.04. The van der Waals surface area contributed by atoms with Crippen LogP contribution in [0.3, 0.4) is 0 Å². The van der Waals surface area contributed by atoms with Crippen molar-refractivity contribution >= 4 is 0 Å². The van der Waals surface area contributed by atoms with E-state index in [-0.39, 0.29) is 12.2 Å². The predicted molar refractivity (Wildman–Crippen MR) is 93.1 cm³/mol. The number of likely N-dealkylation sites (tertiary alicyclic amines) is 1. The Bertz CT molecular complexity index is 461. The average Bonchev–Trinajstić information content (AvgIpc) is 2.51. The molecule has 0 spiro atoms. The van der Waals surface area contributed by atoms with E-state index in [2.05, 4.69) is 36.9 Å². The molecule has 1 aliphatic heterocycles. The fourth-order valence-corrected chi connectivity index (χ4v) is 3.02. The van der Waals surface area contributed by atoms with Crippen molar-refractivity contribution in [2.24, 2.45) is 0 Å². The molecule has 0 amide bonds. The number of nitrogens with zero attached hydrogens (tertiary/aromatic N) is 1. The van der Waals surface area contributed by atoms with Gasteiger partial charge in [-0.05, 0) is 51.7 Å². The molecule has 4 heteroatoms. The van der Waals surface area contributed by atoms with Gasteiger partial charge in [-0.15, -0.1) is 0 Å². The van der Waals surface area contributed by atoms with Gasteiger partial charge in [-0.25, -0.2) is 0 Å². The van der Waals surface area contributed by atoms with Crippen molar-refractivity contribution in [3.63, 3.8) is 0 Å². The molecule has 1 aliphatic rings. The van der Waals surface area contributed by atoms with Gasteiger partial charge in [-0.2, -0.15) is 0 Å². The number of aliphatic hydroxyl groups excluding tert-OH is 1. The monoisotopic (exact) mass is 321 g/mol. The number of aryl methyl sites for hydroxylation is 2. The molecule has 1 fully saturated rings. The van der Waals surface area contributed by atoms with Gasteiger partial charge in [0.15, 0.2) is 0 Å². The first-order chi connectivity index (χ1) is 11.0. The maximum absolute atomic E-state index is 10.0. The van der Waals surface area contributed by atoms with Crippen molar-refractivity contribution in [2.45, 2.75) is 58.8 Å². The first kappa shape index (κ1) is 18.2. The zero-order valence-electron chi connectivity index (χ0n) is 14.9. The molecule has 1 saturated heterocycles. The van der Waals surface area contributed by atoms with E-state index in [1.165, 1.54) is 11.1 Å². The van der Waals surface area contributed by atoms with E-state index in [0.29, 0.717) is 13.2 Å². The number of para-hydroxylation sites is 1. The van der Waals surface area contributed by atoms with Gasteiger partial charge in [0.2, 0.25) is 0 Å². The van der Waals surface area contributed by atoms with E-state index in [1.807, 2.05) is 13.8 Å². The van der Waals surface area contributed by atoms with Crippen LogP contribution in [0.15, 0.2) is 18.2 Å². The largest absolute Gasteiger partial charge is 0.490 e. The molecule has 1 aromatic rings. The second kappa shape index (κ2) is 8.67. The van der Waals surface area contributed by atoms with Crippen molar-refractivity contribution in [1.82, 2.24) is 4.90 Å². The van der Waals surface area contributed by atoms with Gasteiger partial charge in [0.05, 0.1) is 18.8 Å². The lowest BCUT2D eigenvalue weighted by atomic mass is 10.1. The molecule has 1 unspecified atom stereocenters. The van der Waals surface area contributed by atoms with E-state index in [4.69, 9.17) is 9.47 Å². The van der Waals surface area contributed by atoms with Crippen molar-refractivity contribution in [2.75, 3.05) is 26.2 Å². The lowest BCUT2D eigenvalue weighted by Crippen LogP contribution is -2.43. The lowest BCUT2D eigenvalue weighted by Gasteiger charge is -2.33. The maximum Gasteiger partial charge on any atom is 0.125 e. The van der Waals surface area contributed by atoms with Crippen LogP contribution in [0.4, 0.5) is 0 Å². The lowest BCUT2D eigenvalue weighted by molar-refractivity contribution is -0.0155. The average molecular weight is 321 g/mol. The summed E-state index contributed by atoms with van der Waals surface area (Å²) in [5, 5.41) is 10.0. The summed E-state index contributed by atoms with van der Waals surface area (Å²) in [6.45, 7) is 11.2. The fourth-order valence-electron chi connectivity index (χ4n) is 3.02. The highest BCUT2D eigenvalue weighted by molar-refractivity contribution is 5.39. The summed E-state index contributed by atoms with van der Waals surface area (Å²) in [6, 6.07) is 6.27. The fraction of sp³-hybridized carbons (Fsp3) is 0.684. The van der Waals surface area contributed by atoms with E-state index >= 15 is 0 Å². The molecule has 4 nitrogen and oxygen atoms in total. The van der Waals surface area contributed by atoms with Crippen LogP contribution in [-0.4, -0.2) is 54.6 Å². The summed E-state index contributed by atoms with van der Waals surface area (Å²) >= 11 is 0. The topological polar surface area (TPSA) is 41.9 Å². The van der Waals surface area contributed by atoms with Gasteiger partial charge in [0.25, 0.3) is 0 Å². The minimum absolute atomic E-state index is 0.168. The van der Waals surface area contributed by atoms with Gasteiger partial charge in [0.1, 0.15) is 11.9 Å². The van der Waals surface area contributed by atoms with Crippen LogP contribution >= 0.6 is 0 Å². The molecule has 1 atom stereocenters. The summed E-state index contributed by atoms with van der Waals surface area (Å²) in [7, 11) is 0. The second-order valence-electron chi connectivity index (χ2n) is 6.87. The molecule has 1 aromatic carbocycles. The molecule has 0 aromatic heterocycles. The Kier molecular flexibility index (Phi) is 6.88. The van der Waals surface area contributed by atoms with E-state index in [0.717, 1.165) is 31.7 Å². The molecule has 0 bridgehead atoms. The summed E-state index contributed by atoms with van der Waals surface area (Å²) in [5.74, 6) is 1.04. The number of benzene rings is 1. The van der Waals surface area contributed by atoms with Crippen LogP contribution in [0.25, 0.3) is 0 Å². The van der Waals surface area contributed by atoms with Gasteiger partial charge < -0.3 is 19.5 Å². The Hall–Kier alpha value is -1.10. The van der Waals surface area contributed by atoms with Crippen LogP contribution < -0.4 is 4.74 Å². The minimum atomic E-state index is -0.409. The smallest absolute Gasteiger partial charge is 0.125 e. The van der Waals surface area contributed by atoms with Crippen molar-refractivity contribution in [1.29, 1.82) is 0 Å². The van der Waals surface area contributed by atoms with Crippen LogP contribution in [0.2, 0.25) is 0 Å². The number of hydrogen-bond donors (Lipinski definition) is 1. The van der Waals surface area contributed by atoms with E-state index in [9.17, 15) is 5.11 Å². The standard InChI is InChI=1S/C19H31NO3/c1-14(2)22-13-17(21)12-20-10-8-18(9-11-20)23-19-15(3)6-5-7-16(19)4/h5-7,14,17-18,21H,8-13H2,1-4H3. The van der Waals surface area contributed by atoms with Crippen LogP contribution in [0.5, 0.6) is 5.75 Å². The summed E-state index contributed by atoms with van der Waals surface area (Å²) < 4.78 is 11.7. The Balaban J connectivity index is 1.76. The summed E-state index contributed by atoms with van der Waals surface area (Å²) in [5.41, 5.74) is 2.40. The molecule has 2 rings (SSSR count). The minimum Gasteiger partial charge on any atom is -0.490 e. The number of rotatable bonds is 7. The highest BCUT2D eigenvalue weighted by atomic mass is 16.5. The molecular weight excluding hydrogens is 290 g/mol. The first-order valence-corrected chi connectivity index (χ1v) is 8.70. The zero-order valence-corrected chi connectivity index (χ0v) is 14.9. The maximum atomic E-state index is 10.0. The van der Waals surface area contributed by atoms with Crippen LogP contribution in [0, 0.1) is 13.8 Å². The Morgan fingerprint density at radius 1 is 1.17 bits per heavy atom. The van der Waals surface area contributed by atoms with Crippen LogP contribution in [0.1, 0.15) is 37.8 Å². The molecule has 23 heavy (non-hydrogen) atoms. The van der Waals surface area contributed by atoms with Gasteiger partial charge in [-0.3, -0.25) is 0 Å². The third kappa shape index (κ3) is 5.79. The molecule has 130 valence electrons. The number of piperidine rings is 1. The SMILES string of the molecule is Cc1cccc(C)c1OC1CCN(CC(O)COC(C)C)CC1. The molecule has 0 aliphatic carbocycles. The number of β-amino-alcohol motifs (C(OH)–C–C–N with tert-alkyl or cyclic N) is 1. The quantitative estimate of drug-likeness (QED) is 0.838. The van der Waals surface area contributed by atoms with Gasteiger partial charge >= 0.3 is 0 Å². The first-order valence-electron chi connectivity index (χ1n) is 8.70. The van der Waals surface area contributed by atoms with E-state index < -0.39 is 6.10 Å². The van der Waals surface area contributed by atoms with Crippen LogP contribution in [-0.2, 0) is 4.74 Å². The molecule has 0 radical (unpaired) electrons. The van der Waals surface area contributed by atoms with Crippen molar-refractivity contribution in [3.05, 3.63) is 29.3 Å². The Morgan fingerprint density at radius 2 is 1.78 bits per heavy atom. The highest BCUT2D eigenvalue weighted by Crippen LogP contribution is 2.26. The normalized spacial score (nSPS) is 18.3. The van der Waals surface area contributed by atoms with E-state index in [1.54, 1.807) is 0 Å². The Labute approximate surface area is 140 Å². The number of ether oxygens (including phenoxy) is 2. The summed E-state index contributed by atoms with van der Waals surface area (Å²) in [4.78, 5) is 2.30. The zero-order chi connectivity index (χ0) is 16.8. The van der Waals surface area contributed by atoms with Gasteiger partial charge in [-0.1, -0.05) is 18.2 Å². The number of aliphatic hydroxyl groups is 1. The Morgan fingerprint density at radius 3 is 2.35 bits per heavy atom. The van der Waals surface area contributed by atoms with Gasteiger partial charge in [0, 0.05) is 19.6 Å². The molecular formula is C19H31NO3. The molecule has 1 heterocycles. The third-order valence-corrected chi connectivity index (χ3v) is 4.32. The van der Waals surface area contributed by atoms with Crippen molar-refractivity contribution in [3.8, 4) is 5.75 Å². The third-order valence-electron chi connectivity index (χ3n) is 4.32. The molecule has 0 saturated carbocycles. The van der Waals surface area contributed by atoms with Crippen molar-refractivity contribution < 1.29 is 14.6 Å². The molecule has 1 N–H and O–H groups in total. The predicted octanol–water partition coefficient (Wildman–Crippen LogP) is 2.93. The highest BCUT2D eigenvalue weighted by Gasteiger charge is 2.23. The number of hydrogen-bond acceptors (Lipinski definition) is 4.